The molecule has 2 aliphatic heterocycles. The minimum Gasteiger partial charge on any atom is -0.846 e. The zero-order valence-corrected chi connectivity index (χ0v) is 28.2. The van der Waals surface area contributed by atoms with Gasteiger partial charge in [-0.3, -0.25) is 19.2 Å². The first kappa shape index (κ1) is 42.9. The summed E-state index contributed by atoms with van der Waals surface area (Å²) in [6.45, 7) is 11.2. The standard InChI is InChI=1S/2C11H18N2O3.2ClH.2Na/c2*1-4-6-7(3)11(5-2)8(14)12-10(16)13-9(11)15;;;;/h2*7H,4-6H2,1-3H3,(H2,12,13,14,15,16);2*1H;;/q;;;;2*+1/p-2. The molecule has 0 aromatic carbocycles. The van der Waals surface area contributed by atoms with E-state index >= 15 is 0 Å². The topological polar surface area (TPSA) is 163 Å². The van der Waals surface area contributed by atoms with Crippen molar-refractivity contribution in [3.8, 4) is 0 Å². The van der Waals surface area contributed by atoms with E-state index in [-0.39, 0.29) is 95.8 Å². The third kappa shape index (κ3) is 8.93. The Kier molecular flexibility index (Phi) is 22.6. The molecule has 0 radical (unpaired) electrons. The maximum atomic E-state index is 11.9. The Balaban J connectivity index is -0.000000256. The third-order valence-corrected chi connectivity index (χ3v) is 6.66. The Hall–Kier alpha value is -0.200. The Morgan fingerprint density at radius 3 is 1.17 bits per heavy atom. The van der Waals surface area contributed by atoms with E-state index < -0.39 is 46.5 Å². The molecule has 0 fully saturated rings. The van der Waals surface area contributed by atoms with Crippen molar-refractivity contribution < 1.29 is 88.5 Å². The van der Waals surface area contributed by atoms with Crippen LogP contribution in [0.3, 0.4) is 0 Å². The molecule has 2 rings (SSSR count). The van der Waals surface area contributed by atoms with Gasteiger partial charge in [0.1, 0.15) is 10.8 Å². The normalized spacial score (nSPS) is 24.3. The molecule has 2 N–H and O–H groups in total. The van der Waals surface area contributed by atoms with Crippen LogP contribution < -0.4 is 80.0 Å². The summed E-state index contributed by atoms with van der Waals surface area (Å²) in [6, 6.07) is -1.69. The molecule has 0 aromatic rings. The molecule has 0 spiro atoms. The summed E-state index contributed by atoms with van der Waals surface area (Å²) in [6.07, 6.45) is 4.04. The first-order valence-corrected chi connectivity index (χ1v) is 11.2. The van der Waals surface area contributed by atoms with Gasteiger partial charge in [0, 0.05) is 0 Å². The van der Waals surface area contributed by atoms with Gasteiger partial charge in [-0.05, 0) is 37.5 Å². The molecule has 36 heavy (non-hydrogen) atoms. The molecule has 196 valence electrons. The van der Waals surface area contributed by atoms with Crippen molar-refractivity contribution >= 4 is 60.5 Å². The van der Waals surface area contributed by atoms with Crippen molar-refractivity contribution in [2.75, 3.05) is 0 Å². The van der Waals surface area contributed by atoms with Gasteiger partial charge in [-0.25, -0.2) is 9.98 Å². The van der Waals surface area contributed by atoms with Gasteiger partial charge < -0.3 is 20.8 Å². The predicted molar refractivity (Wildman–Crippen MR) is 129 cm³/mol. The molecular weight excluding hydrogens is 533 g/mol. The molecule has 0 aromatic heterocycles. The van der Waals surface area contributed by atoms with Crippen molar-refractivity contribution in [2.45, 2.75) is 80.1 Å². The van der Waals surface area contributed by atoms with Gasteiger partial charge in [0.2, 0.25) is 11.8 Å². The van der Waals surface area contributed by atoms with Crippen LogP contribution in [-0.2, 0) is 19.2 Å². The van der Waals surface area contributed by atoms with Gasteiger partial charge in [-0.15, -0.1) is 24.8 Å². The minimum atomic E-state index is -1.15. The van der Waals surface area contributed by atoms with Gasteiger partial charge in [-0.1, -0.05) is 54.4 Å². The fourth-order valence-corrected chi connectivity index (χ4v) is 4.60. The average molecular weight is 569 g/mol. The summed E-state index contributed by atoms with van der Waals surface area (Å²) < 4.78 is 0. The number of nitrogens with one attached hydrogen (secondary N) is 2. The first-order chi connectivity index (χ1) is 15.0. The van der Waals surface area contributed by atoms with Crippen molar-refractivity contribution in [1.82, 2.24) is 10.6 Å². The molecule has 14 heteroatoms. The zero-order chi connectivity index (χ0) is 24.7. The smallest absolute Gasteiger partial charge is 0.846 e. The second-order valence-electron chi connectivity index (χ2n) is 8.38. The second-order valence-corrected chi connectivity index (χ2v) is 8.38. The number of halogens is 2. The van der Waals surface area contributed by atoms with Crippen LogP contribution in [0.5, 0.6) is 0 Å². The fraction of sp³-hybridized carbons (Fsp3) is 0.727. The largest absolute Gasteiger partial charge is 1.00 e. The van der Waals surface area contributed by atoms with Crippen LogP contribution in [0, 0.1) is 22.7 Å². The Labute approximate surface area is 270 Å². The van der Waals surface area contributed by atoms with Gasteiger partial charge in [0.25, 0.3) is 11.8 Å². The number of hydrogen-bond donors (Lipinski definition) is 2. The van der Waals surface area contributed by atoms with Gasteiger partial charge in [0.05, 0.1) is 12.0 Å². The number of rotatable bonds is 8. The zero-order valence-electron chi connectivity index (χ0n) is 22.6. The Morgan fingerprint density at radius 1 is 0.694 bits per heavy atom. The van der Waals surface area contributed by atoms with E-state index in [4.69, 9.17) is 0 Å². The van der Waals surface area contributed by atoms with Gasteiger partial charge in [-0.2, -0.15) is 0 Å². The van der Waals surface area contributed by atoms with Crippen molar-refractivity contribution in [3.63, 3.8) is 0 Å². The van der Waals surface area contributed by atoms with E-state index in [0.717, 1.165) is 25.7 Å². The van der Waals surface area contributed by atoms with Gasteiger partial charge >= 0.3 is 59.1 Å². The monoisotopic (exact) mass is 568 g/mol. The Bertz CT molecular complexity index is 764. The number of carbonyl (C=O) groups excluding carboxylic acids is 4. The second kappa shape index (κ2) is 19.0. The van der Waals surface area contributed by atoms with Crippen molar-refractivity contribution in [1.29, 1.82) is 0 Å². The maximum absolute atomic E-state index is 11.9. The van der Waals surface area contributed by atoms with Gasteiger partial charge in [0.15, 0.2) is 0 Å². The number of amides is 4. The molecular formula is C22H36Cl2N4Na2O6. The quantitative estimate of drug-likeness (QED) is 0.220. The predicted octanol–water partition coefficient (Wildman–Crippen LogP) is -4.76. The molecule has 0 saturated carbocycles. The summed E-state index contributed by atoms with van der Waals surface area (Å²) >= 11 is 0. The summed E-state index contributed by atoms with van der Waals surface area (Å²) in [5.41, 5.74) is -2.30. The molecule has 0 bridgehead atoms. The third-order valence-electron chi connectivity index (χ3n) is 6.66. The van der Waals surface area contributed by atoms with E-state index in [2.05, 4.69) is 20.6 Å². The molecule has 4 amide bonds. The summed E-state index contributed by atoms with van der Waals surface area (Å²) in [5.74, 6) is -2.39. The van der Waals surface area contributed by atoms with Crippen LogP contribution in [0.1, 0.15) is 80.1 Å². The summed E-state index contributed by atoms with van der Waals surface area (Å²) in [5, 5.41) is 26.1. The number of carbonyl (C=O) groups is 4. The fourth-order valence-electron chi connectivity index (χ4n) is 4.60. The SMILES string of the molecule is CCCC(C)C1(CC)C(=O)N=C([O-])NC1=O.CCCC(C)C1(CC)C(=O)N=C([O-])NC1=O.Cl.Cl.[Na+].[Na+]. The van der Waals surface area contributed by atoms with Crippen LogP contribution in [0.4, 0.5) is 0 Å². The molecule has 4 unspecified atom stereocenters. The average Bonchev–Trinajstić information content (AvgIpc) is 2.69. The summed E-state index contributed by atoms with van der Waals surface area (Å²) in [4.78, 5) is 54.1. The number of hydrogen-bond acceptors (Lipinski definition) is 6. The van der Waals surface area contributed by atoms with Crippen LogP contribution >= 0.6 is 24.8 Å². The molecule has 2 aliphatic rings. The number of amidine groups is 2. The molecule has 0 saturated heterocycles. The molecule has 2 heterocycles. The molecule has 10 nitrogen and oxygen atoms in total. The maximum Gasteiger partial charge on any atom is 1.00 e. The van der Waals surface area contributed by atoms with E-state index in [9.17, 15) is 29.4 Å². The molecule has 4 atom stereocenters. The summed E-state index contributed by atoms with van der Waals surface area (Å²) in [7, 11) is 0. The van der Waals surface area contributed by atoms with E-state index in [1.54, 1.807) is 13.8 Å². The van der Waals surface area contributed by atoms with E-state index in [1.807, 2.05) is 27.7 Å². The van der Waals surface area contributed by atoms with E-state index in [0.29, 0.717) is 12.8 Å². The Morgan fingerprint density at radius 2 is 0.972 bits per heavy atom. The van der Waals surface area contributed by atoms with Crippen LogP contribution in [0.2, 0.25) is 0 Å². The van der Waals surface area contributed by atoms with Crippen molar-refractivity contribution in [3.05, 3.63) is 0 Å². The van der Waals surface area contributed by atoms with E-state index in [1.165, 1.54) is 0 Å². The van der Waals surface area contributed by atoms with Crippen LogP contribution in [0.25, 0.3) is 0 Å². The minimum absolute atomic E-state index is 0. The number of aliphatic imine (C=N–C) groups is 2. The molecule has 0 aliphatic carbocycles. The van der Waals surface area contributed by atoms with Crippen LogP contribution in [-0.4, -0.2) is 35.7 Å². The number of nitrogens with zero attached hydrogens (tertiary/aromatic N) is 2. The first-order valence-electron chi connectivity index (χ1n) is 11.2. The van der Waals surface area contributed by atoms with Crippen molar-refractivity contribution in [2.24, 2.45) is 32.7 Å². The van der Waals surface area contributed by atoms with Crippen LogP contribution in [0.15, 0.2) is 9.98 Å².